The summed E-state index contributed by atoms with van der Waals surface area (Å²) in [5.74, 6) is -0.417. The lowest BCUT2D eigenvalue weighted by Crippen LogP contribution is -2.21. The summed E-state index contributed by atoms with van der Waals surface area (Å²) in [5, 5.41) is 21.4. The molecule has 2 unspecified atom stereocenters. The summed E-state index contributed by atoms with van der Waals surface area (Å²) in [6.07, 6.45) is -2.55. The third-order valence-electron chi connectivity index (χ3n) is 5.75. The van der Waals surface area contributed by atoms with Crippen LogP contribution in [0.25, 0.3) is 5.57 Å². The molecule has 0 bridgehead atoms. The molecule has 7 nitrogen and oxygen atoms in total. The van der Waals surface area contributed by atoms with Crippen molar-refractivity contribution in [2.24, 2.45) is 0 Å². The number of hydrogen-bond donors (Lipinski definition) is 2. The molecule has 0 saturated carbocycles. The largest absolute Gasteiger partial charge is 0.506 e. The van der Waals surface area contributed by atoms with Crippen LogP contribution in [0.2, 0.25) is 0 Å². The van der Waals surface area contributed by atoms with Gasteiger partial charge < -0.3 is 24.4 Å². The molecule has 2 N–H and O–H groups in total. The number of aliphatic hydroxyl groups is 1. The molecule has 37 heavy (non-hydrogen) atoms. The second kappa shape index (κ2) is 11.3. The van der Waals surface area contributed by atoms with Gasteiger partial charge in [0.05, 0.1) is 32.1 Å². The van der Waals surface area contributed by atoms with Crippen LogP contribution in [0.4, 0.5) is 0 Å². The minimum absolute atomic E-state index is 0.0446. The fraction of sp³-hybridized carbons (Fsp3) is 0.154. The number of phenolic OH excluding ortho intramolecular Hbond substituents is 1. The third-order valence-corrected chi connectivity index (χ3v) is 8.14. The van der Waals surface area contributed by atoms with Crippen LogP contribution < -0.4 is 9.47 Å². The lowest BCUT2D eigenvalue weighted by molar-refractivity contribution is -0.143. The van der Waals surface area contributed by atoms with Gasteiger partial charge in [-0.15, -0.1) is 0 Å². The number of aromatic hydroxyl groups is 1. The highest BCUT2D eigenvalue weighted by molar-refractivity contribution is 9.11. The Hall–Kier alpha value is -2.18. The van der Waals surface area contributed by atoms with Crippen molar-refractivity contribution < 1.29 is 34.0 Å². The number of carbonyl (C=O) groups is 2. The number of esters is 1. The Bertz CT molecular complexity index is 1390. The van der Waals surface area contributed by atoms with E-state index in [1.165, 1.54) is 26.4 Å². The smallest absolute Gasteiger partial charge is 0.343 e. The van der Waals surface area contributed by atoms with Crippen LogP contribution in [0.1, 0.15) is 27.6 Å². The van der Waals surface area contributed by atoms with Gasteiger partial charge in [-0.2, -0.15) is 0 Å². The lowest BCUT2D eigenvalue weighted by Gasteiger charge is -2.22. The van der Waals surface area contributed by atoms with Gasteiger partial charge in [0.15, 0.2) is 6.10 Å². The normalized spacial score (nSPS) is 16.0. The SMILES string of the molecule is COc1ccc(C2=C(C(=O)c3cc(Br)c(OC)c(Br)c3)C(=O)OC2C(O)c2cc(Br)c(O)c(Br)c2)cc1. The number of Topliss-reactive ketones (excluding diaryl/α,β-unsaturated/α-hetero) is 1. The molecule has 3 aromatic rings. The second-order valence-electron chi connectivity index (χ2n) is 7.92. The number of aliphatic hydroxyl groups excluding tert-OH is 1. The number of methoxy groups -OCH3 is 2. The molecule has 0 aliphatic carbocycles. The molecule has 0 saturated heterocycles. The molecule has 0 fully saturated rings. The quantitative estimate of drug-likeness (QED) is 0.156. The van der Waals surface area contributed by atoms with E-state index in [1.807, 2.05) is 0 Å². The first-order valence-electron chi connectivity index (χ1n) is 10.6. The summed E-state index contributed by atoms with van der Waals surface area (Å²) in [6, 6.07) is 12.9. The number of halogens is 4. The Morgan fingerprint density at radius 3 is 2.00 bits per heavy atom. The molecule has 2 atom stereocenters. The van der Waals surface area contributed by atoms with Crippen LogP contribution in [0, 0.1) is 0 Å². The number of hydrogen-bond acceptors (Lipinski definition) is 7. The number of benzene rings is 3. The van der Waals surface area contributed by atoms with Crippen molar-refractivity contribution in [3.05, 3.63) is 88.7 Å². The van der Waals surface area contributed by atoms with E-state index in [0.29, 0.717) is 40.5 Å². The first kappa shape index (κ1) is 27.8. The van der Waals surface area contributed by atoms with Gasteiger partial charge in [0, 0.05) is 11.1 Å². The molecule has 1 aliphatic rings. The Morgan fingerprint density at radius 1 is 0.919 bits per heavy atom. The predicted octanol–water partition coefficient (Wildman–Crippen LogP) is 6.75. The van der Waals surface area contributed by atoms with Crippen LogP contribution in [-0.2, 0) is 9.53 Å². The lowest BCUT2D eigenvalue weighted by atomic mass is 9.88. The average molecular weight is 762 g/mol. The Morgan fingerprint density at radius 2 is 1.49 bits per heavy atom. The highest BCUT2D eigenvalue weighted by Crippen LogP contribution is 2.43. The first-order valence-corrected chi connectivity index (χ1v) is 13.8. The van der Waals surface area contributed by atoms with E-state index < -0.39 is 24.0 Å². The van der Waals surface area contributed by atoms with Crippen LogP contribution >= 0.6 is 63.7 Å². The number of cyclic esters (lactones) is 1. The minimum atomic E-state index is -1.35. The van der Waals surface area contributed by atoms with Gasteiger partial charge >= 0.3 is 5.97 Å². The van der Waals surface area contributed by atoms with Crippen LogP contribution in [-0.4, -0.2) is 42.3 Å². The topological polar surface area (TPSA) is 102 Å². The van der Waals surface area contributed by atoms with Gasteiger partial charge in [-0.3, -0.25) is 4.79 Å². The number of ketones is 1. The van der Waals surface area contributed by atoms with Crippen molar-refractivity contribution in [1.82, 2.24) is 0 Å². The predicted molar refractivity (Wildman–Crippen MR) is 151 cm³/mol. The van der Waals surface area contributed by atoms with Gasteiger partial charge in [-0.25, -0.2) is 4.79 Å². The molecule has 1 heterocycles. The van der Waals surface area contributed by atoms with Gasteiger partial charge in [0.25, 0.3) is 0 Å². The zero-order valence-corrected chi connectivity index (χ0v) is 25.6. The molecule has 0 amide bonds. The van der Waals surface area contributed by atoms with Crippen molar-refractivity contribution in [1.29, 1.82) is 0 Å². The average Bonchev–Trinajstić information content (AvgIpc) is 3.22. The molecule has 192 valence electrons. The molecule has 0 aromatic heterocycles. The van der Waals surface area contributed by atoms with Crippen LogP contribution in [0.3, 0.4) is 0 Å². The van der Waals surface area contributed by atoms with Gasteiger partial charge in [-0.1, -0.05) is 12.1 Å². The Labute approximate surface area is 245 Å². The van der Waals surface area contributed by atoms with Gasteiger partial charge in [0.1, 0.15) is 28.9 Å². The molecule has 4 rings (SSSR count). The van der Waals surface area contributed by atoms with Crippen molar-refractivity contribution in [3.8, 4) is 17.2 Å². The molecule has 0 spiro atoms. The first-order chi connectivity index (χ1) is 17.6. The fourth-order valence-electron chi connectivity index (χ4n) is 3.96. The number of rotatable bonds is 7. The molecule has 3 aromatic carbocycles. The highest BCUT2D eigenvalue weighted by atomic mass is 79.9. The van der Waals surface area contributed by atoms with Crippen LogP contribution in [0.15, 0.2) is 72.0 Å². The van der Waals surface area contributed by atoms with Crippen LogP contribution in [0.5, 0.6) is 17.2 Å². The molecule has 1 aliphatic heterocycles. The summed E-state index contributed by atoms with van der Waals surface area (Å²) in [7, 11) is 3.02. The summed E-state index contributed by atoms with van der Waals surface area (Å²) < 4.78 is 17.9. The van der Waals surface area contributed by atoms with E-state index >= 15 is 0 Å². The Balaban J connectivity index is 1.89. The summed E-state index contributed by atoms with van der Waals surface area (Å²) >= 11 is 13.3. The zero-order chi connectivity index (χ0) is 27.0. The van der Waals surface area contributed by atoms with Crippen molar-refractivity contribution in [3.63, 3.8) is 0 Å². The fourth-order valence-corrected chi connectivity index (χ4v) is 6.69. The molecule has 0 radical (unpaired) electrons. The van der Waals surface area contributed by atoms with E-state index in [1.54, 1.807) is 36.4 Å². The van der Waals surface area contributed by atoms with E-state index in [9.17, 15) is 19.8 Å². The van der Waals surface area contributed by atoms with Crippen molar-refractivity contribution >= 4 is 81.0 Å². The molecular weight excluding hydrogens is 744 g/mol. The maximum atomic E-state index is 13.7. The van der Waals surface area contributed by atoms with Crippen molar-refractivity contribution in [2.75, 3.05) is 14.2 Å². The third kappa shape index (κ3) is 5.37. The summed E-state index contributed by atoms with van der Waals surface area (Å²) in [6.45, 7) is 0. The Kier molecular flexibility index (Phi) is 8.49. The standard InChI is InChI=1S/C26H18Br4O7/c1-35-14-5-3-11(4-6-14)19-20(21(31)12-9-17(29)24(36-2)18(30)10-12)26(34)37-25(19)22(32)13-7-15(27)23(33)16(28)8-13/h3-10,22,25,32-33H,1-2H3. The van der Waals surface area contributed by atoms with E-state index in [0.717, 1.165) is 0 Å². The van der Waals surface area contributed by atoms with E-state index in [2.05, 4.69) is 63.7 Å². The minimum Gasteiger partial charge on any atom is -0.506 e. The van der Waals surface area contributed by atoms with Gasteiger partial charge in [-0.05, 0) is 111 Å². The zero-order valence-electron chi connectivity index (χ0n) is 19.2. The second-order valence-corrected chi connectivity index (χ2v) is 11.3. The van der Waals surface area contributed by atoms with E-state index in [4.69, 9.17) is 14.2 Å². The summed E-state index contributed by atoms with van der Waals surface area (Å²) in [5.41, 5.74) is 1.10. The number of carbonyl (C=O) groups excluding carboxylic acids is 2. The highest BCUT2D eigenvalue weighted by Gasteiger charge is 2.43. The number of phenols is 1. The monoisotopic (exact) mass is 758 g/mol. The molecule has 11 heteroatoms. The maximum Gasteiger partial charge on any atom is 0.343 e. The molecular formula is C26H18Br4O7. The van der Waals surface area contributed by atoms with E-state index in [-0.39, 0.29) is 22.5 Å². The summed E-state index contributed by atoms with van der Waals surface area (Å²) in [4.78, 5) is 26.9. The van der Waals surface area contributed by atoms with Gasteiger partial charge in [0.2, 0.25) is 5.78 Å². The number of ether oxygens (including phenoxy) is 3. The maximum absolute atomic E-state index is 13.7. The van der Waals surface area contributed by atoms with Crippen molar-refractivity contribution in [2.45, 2.75) is 12.2 Å².